The Morgan fingerprint density at radius 1 is 0.800 bits per heavy atom. The molecule has 0 bridgehead atoms. The largest absolute Gasteiger partial charge is 0.311 e. The van der Waals surface area contributed by atoms with Gasteiger partial charge in [-0.15, -0.1) is 0 Å². The molecule has 2 atom stereocenters. The van der Waals surface area contributed by atoms with E-state index in [1.54, 1.807) is 0 Å². The molecule has 0 aromatic carbocycles. The average molecular weight is 278 g/mol. The van der Waals surface area contributed by atoms with Crippen molar-refractivity contribution in [1.82, 2.24) is 10.2 Å². The summed E-state index contributed by atoms with van der Waals surface area (Å²) < 4.78 is 0. The van der Waals surface area contributed by atoms with Gasteiger partial charge in [-0.2, -0.15) is 0 Å². The van der Waals surface area contributed by atoms with Crippen molar-refractivity contribution in [3.05, 3.63) is 0 Å². The van der Waals surface area contributed by atoms with E-state index in [2.05, 4.69) is 17.1 Å². The fourth-order valence-electron chi connectivity index (χ4n) is 4.86. The molecular formula is C18H34N2. The Labute approximate surface area is 125 Å². The van der Waals surface area contributed by atoms with Crippen molar-refractivity contribution in [2.24, 2.45) is 5.92 Å². The lowest BCUT2D eigenvalue weighted by Gasteiger charge is -2.46. The third-order valence-electron chi connectivity index (χ3n) is 6.16. The van der Waals surface area contributed by atoms with Crippen LogP contribution in [0.15, 0.2) is 0 Å². The fourth-order valence-corrected chi connectivity index (χ4v) is 4.86. The Hall–Kier alpha value is -0.0800. The van der Waals surface area contributed by atoms with E-state index in [1.165, 1.54) is 83.7 Å². The van der Waals surface area contributed by atoms with Crippen molar-refractivity contribution in [3.63, 3.8) is 0 Å². The molecule has 2 heteroatoms. The summed E-state index contributed by atoms with van der Waals surface area (Å²) >= 11 is 0. The highest BCUT2D eigenvalue weighted by molar-refractivity contribution is 4.92. The van der Waals surface area contributed by atoms with Crippen molar-refractivity contribution in [3.8, 4) is 0 Å². The van der Waals surface area contributed by atoms with Gasteiger partial charge in [0, 0.05) is 31.2 Å². The average Bonchev–Trinajstić information content (AvgIpc) is 2.78. The van der Waals surface area contributed by atoms with Crippen LogP contribution in [-0.2, 0) is 0 Å². The van der Waals surface area contributed by atoms with Gasteiger partial charge in [0.2, 0.25) is 0 Å². The molecule has 2 nitrogen and oxygen atoms in total. The fraction of sp³-hybridized carbons (Fsp3) is 1.00. The van der Waals surface area contributed by atoms with Crippen molar-refractivity contribution < 1.29 is 0 Å². The summed E-state index contributed by atoms with van der Waals surface area (Å²) in [4.78, 5) is 2.89. The number of nitrogens with zero attached hydrogens (tertiary/aromatic N) is 1. The molecule has 0 spiro atoms. The molecule has 116 valence electrons. The minimum Gasteiger partial charge on any atom is -0.311 e. The van der Waals surface area contributed by atoms with E-state index in [9.17, 15) is 0 Å². The highest BCUT2D eigenvalue weighted by Crippen LogP contribution is 2.31. The van der Waals surface area contributed by atoms with E-state index < -0.39 is 0 Å². The number of hydrogen-bond acceptors (Lipinski definition) is 2. The first-order valence-corrected chi connectivity index (χ1v) is 9.34. The predicted molar refractivity (Wildman–Crippen MR) is 86.0 cm³/mol. The zero-order valence-electron chi connectivity index (χ0n) is 13.4. The van der Waals surface area contributed by atoms with Gasteiger partial charge in [-0.3, -0.25) is 4.90 Å². The maximum Gasteiger partial charge on any atom is 0.0224 e. The van der Waals surface area contributed by atoms with Crippen LogP contribution in [-0.4, -0.2) is 36.1 Å². The second-order valence-electron chi connectivity index (χ2n) is 7.60. The van der Waals surface area contributed by atoms with E-state index >= 15 is 0 Å². The SMILES string of the molecule is CC1CNC(C2CCCCC2)CN1C1CCCCCC1. The van der Waals surface area contributed by atoms with Gasteiger partial charge in [-0.25, -0.2) is 0 Å². The van der Waals surface area contributed by atoms with Crippen LogP contribution in [0.25, 0.3) is 0 Å². The maximum absolute atomic E-state index is 3.88. The Morgan fingerprint density at radius 2 is 1.40 bits per heavy atom. The maximum atomic E-state index is 3.88. The Kier molecular flexibility index (Phi) is 5.39. The highest BCUT2D eigenvalue weighted by Gasteiger charge is 2.34. The first-order valence-electron chi connectivity index (χ1n) is 9.34. The Morgan fingerprint density at radius 3 is 2.10 bits per heavy atom. The quantitative estimate of drug-likeness (QED) is 0.769. The minimum absolute atomic E-state index is 0.748. The zero-order chi connectivity index (χ0) is 13.8. The van der Waals surface area contributed by atoms with Gasteiger partial charge in [0.1, 0.15) is 0 Å². The van der Waals surface area contributed by atoms with Gasteiger partial charge in [0.05, 0.1) is 0 Å². The summed E-state index contributed by atoms with van der Waals surface area (Å²) in [7, 11) is 0. The molecule has 2 saturated carbocycles. The lowest BCUT2D eigenvalue weighted by Crippen LogP contribution is -2.60. The smallest absolute Gasteiger partial charge is 0.0224 e. The lowest BCUT2D eigenvalue weighted by atomic mass is 9.82. The summed E-state index contributed by atoms with van der Waals surface area (Å²) in [6.07, 6.45) is 16.2. The molecule has 2 unspecified atom stereocenters. The van der Waals surface area contributed by atoms with E-state index in [-0.39, 0.29) is 0 Å². The zero-order valence-corrected chi connectivity index (χ0v) is 13.4. The summed E-state index contributed by atoms with van der Waals surface area (Å²) in [5.74, 6) is 0.963. The third-order valence-corrected chi connectivity index (χ3v) is 6.16. The second-order valence-corrected chi connectivity index (χ2v) is 7.60. The van der Waals surface area contributed by atoms with Crippen LogP contribution in [0.3, 0.4) is 0 Å². The lowest BCUT2D eigenvalue weighted by molar-refractivity contribution is 0.0591. The summed E-state index contributed by atoms with van der Waals surface area (Å²) in [6.45, 7) is 4.99. The van der Waals surface area contributed by atoms with Gasteiger partial charge < -0.3 is 5.32 Å². The number of nitrogens with one attached hydrogen (secondary N) is 1. The molecule has 1 aliphatic heterocycles. The monoisotopic (exact) mass is 278 g/mol. The third kappa shape index (κ3) is 3.57. The molecule has 1 saturated heterocycles. The van der Waals surface area contributed by atoms with Crippen LogP contribution < -0.4 is 5.32 Å². The first kappa shape index (κ1) is 14.8. The second kappa shape index (κ2) is 7.26. The van der Waals surface area contributed by atoms with Crippen molar-refractivity contribution >= 4 is 0 Å². The highest BCUT2D eigenvalue weighted by atomic mass is 15.3. The topological polar surface area (TPSA) is 15.3 Å². The molecule has 3 rings (SSSR count). The van der Waals surface area contributed by atoms with Gasteiger partial charge >= 0.3 is 0 Å². The number of hydrogen-bond donors (Lipinski definition) is 1. The predicted octanol–water partition coefficient (Wildman–Crippen LogP) is 3.95. The minimum atomic E-state index is 0.748. The van der Waals surface area contributed by atoms with E-state index in [4.69, 9.17) is 0 Å². The molecular weight excluding hydrogens is 244 g/mol. The van der Waals surface area contributed by atoms with Crippen molar-refractivity contribution in [2.75, 3.05) is 13.1 Å². The standard InChI is InChI=1S/C18H34N2/c1-15-13-19-18(16-9-5-4-6-10-16)14-20(15)17-11-7-2-3-8-12-17/h15-19H,2-14H2,1H3. The van der Waals surface area contributed by atoms with E-state index in [0.717, 1.165) is 24.0 Å². The normalized spacial score (nSPS) is 35.9. The molecule has 3 fully saturated rings. The van der Waals surface area contributed by atoms with Gasteiger partial charge in [0.15, 0.2) is 0 Å². The summed E-state index contributed by atoms with van der Waals surface area (Å²) in [6, 6.07) is 2.42. The number of piperazine rings is 1. The van der Waals surface area contributed by atoms with Crippen LogP contribution in [0.4, 0.5) is 0 Å². The van der Waals surface area contributed by atoms with Crippen LogP contribution >= 0.6 is 0 Å². The summed E-state index contributed by atoms with van der Waals surface area (Å²) in [5.41, 5.74) is 0. The molecule has 20 heavy (non-hydrogen) atoms. The van der Waals surface area contributed by atoms with Gasteiger partial charge in [0.25, 0.3) is 0 Å². The van der Waals surface area contributed by atoms with Crippen LogP contribution in [0.1, 0.15) is 77.6 Å². The Balaban J connectivity index is 1.60. The molecule has 0 amide bonds. The van der Waals surface area contributed by atoms with Crippen molar-refractivity contribution in [2.45, 2.75) is 95.7 Å². The first-order chi connectivity index (χ1) is 9.84. The molecule has 0 radical (unpaired) electrons. The van der Waals surface area contributed by atoms with Gasteiger partial charge in [-0.1, -0.05) is 44.9 Å². The van der Waals surface area contributed by atoms with Crippen LogP contribution in [0, 0.1) is 5.92 Å². The molecule has 3 aliphatic rings. The summed E-state index contributed by atoms with van der Waals surface area (Å²) in [5, 5.41) is 3.88. The van der Waals surface area contributed by atoms with Crippen molar-refractivity contribution in [1.29, 1.82) is 0 Å². The van der Waals surface area contributed by atoms with E-state index in [1.807, 2.05) is 0 Å². The molecule has 1 N–H and O–H groups in total. The number of rotatable bonds is 2. The molecule has 2 aliphatic carbocycles. The van der Waals surface area contributed by atoms with E-state index in [0.29, 0.717) is 0 Å². The Bertz CT molecular complexity index is 277. The van der Waals surface area contributed by atoms with Crippen LogP contribution in [0.2, 0.25) is 0 Å². The van der Waals surface area contributed by atoms with Crippen LogP contribution in [0.5, 0.6) is 0 Å². The molecule has 0 aromatic rings. The molecule has 0 aromatic heterocycles. The molecule has 1 heterocycles. The van der Waals surface area contributed by atoms with Gasteiger partial charge in [-0.05, 0) is 38.5 Å².